The van der Waals surface area contributed by atoms with Crippen molar-refractivity contribution in [1.82, 2.24) is 0 Å². The molecule has 1 atom stereocenters. The normalized spacial score (nSPS) is 19.5. The second kappa shape index (κ2) is 6.21. The molecule has 4 nitrogen and oxygen atoms in total. The lowest BCUT2D eigenvalue weighted by molar-refractivity contribution is 0.229. The molecule has 0 radical (unpaired) electrons. The van der Waals surface area contributed by atoms with E-state index in [1.165, 1.54) is 18.5 Å². The van der Waals surface area contributed by atoms with Crippen LogP contribution in [0.1, 0.15) is 30.1 Å². The molecule has 0 aromatic heterocycles. The van der Waals surface area contributed by atoms with Crippen LogP contribution in [-0.4, -0.2) is 25.3 Å². The van der Waals surface area contributed by atoms with Crippen molar-refractivity contribution < 1.29 is 9.84 Å². The highest BCUT2D eigenvalue weighted by atomic mass is 16.5. The number of fused-ring (bicyclic) bond motifs is 1. The van der Waals surface area contributed by atoms with Crippen molar-refractivity contribution in [2.24, 2.45) is 0 Å². The molecule has 124 valence electrons. The third kappa shape index (κ3) is 2.74. The van der Waals surface area contributed by atoms with Crippen LogP contribution in [0.25, 0.3) is 5.70 Å². The van der Waals surface area contributed by atoms with Gasteiger partial charge in [-0.25, -0.2) is 0 Å². The number of benzene rings is 2. The molecule has 2 aliphatic rings. The van der Waals surface area contributed by atoms with Gasteiger partial charge < -0.3 is 20.1 Å². The molecule has 1 saturated heterocycles. The summed E-state index contributed by atoms with van der Waals surface area (Å²) in [7, 11) is 1.66. The highest BCUT2D eigenvalue weighted by Gasteiger charge is 2.21. The van der Waals surface area contributed by atoms with Gasteiger partial charge in [-0.2, -0.15) is 0 Å². The zero-order valence-corrected chi connectivity index (χ0v) is 13.8. The smallest absolute Gasteiger partial charge is 0.119 e. The zero-order valence-electron chi connectivity index (χ0n) is 13.8. The van der Waals surface area contributed by atoms with E-state index >= 15 is 0 Å². The van der Waals surface area contributed by atoms with Gasteiger partial charge in [-0.1, -0.05) is 12.1 Å². The van der Waals surface area contributed by atoms with Gasteiger partial charge in [0.1, 0.15) is 11.9 Å². The predicted octanol–water partition coefficient (Wildman–Crippen LogP) is 3.80. The van der Waals surface area contributed by atoms with E-state index in [-0.39, 0.29) is 0 Å². The molecular formula is C20H22N2O2. The maximum absolute atomic E-state index is 10.6. The van der Waals surface area contributed by atoms with Crippen LogP contribution in [-0.2, 0) is 0 Å². The number of hydrogen-bond acceptors (Lipinski definition) is 4. The summed E-state index contributed by atoms with van der Waals surface area (Å²) in [4.78, 5) is 2.38. The zero-order chi connectivity index (χ0) is 16.5. The SMILES string of the molecule is COc1cccc(C2=C[C@H](O)c3cc(N4CCCC4)ccc3N2)c1. The summed E-state index contributed by atoms with van der Waals surface area (Å²) in [6.07, 6.45) is 3.76. The Bertz CT molecular complexity index is 779. The first kappa shape index (κ1) is 15.1. The average Bonchev–Trinajstić information content (AvgIpc) is 3.16. The Hall–Kier alpha value is -2.46. The molecule has 2 heterocycles. The molecule has 0 amide bonds. The van der Waals surface area contributed by atoms with E-state index in [0.29, 0.717) is 0 Å². The first-order valence-corrected chi connectivity index (χ1v) is 8.45. The van der Waals surface area contributed by atoms with Crippen LogP contribution in [0.3, 0.4) is 0 Å². The predicted molar refractivity (Wildman–Crippen MR) is 97.4 cm³/mol. The van der Waals surface area contributed by atoms with E-state index in [1.807, 2.05) is 30.3 Å². The van der Waals surface area contributed by atoms with Crippen molar-refractivity contribution in [3.8, 4) is 5.75 Å². The average molecular weight is 322 g/mol. The number of methoxy groups -OCH3 is 1. The molecule has 2 aromatic carbocycles. The summed E-state index contributed by atoms with van der Waals surface area (Å²) in [6, 6.07) is 14.2. The fourth-order valence-electron chi connectivity index (χ4n) is 3.47. The first-order valence-electron chi connectivity index (χ1n) is 8.45. The van der Waals surface area contributed by atoms with Gasteiger partial charge in [0.15, 0.2) is 0 Å². The van der Waals surface area contributed by atoms with Gasteiger partial charge in [-0.3, -0.25) is 0 Å². The van der Waals surface area contributed by atoms with Crippen LogP contribution in [0.4, 0.5) is 11.4 Å². The Balaban J connectivity index is 1.64. The van der Waals surface area contributed by atoms with Crippen LogP contribution in [0.15, 0.2) is 48.5 Å². The minimum atomic E-state index is -0.606. The van der Waals surface area contributed by atoms with Crippen LogP contribution in [0.2, 0.25) is 0 Å². The van der Waals surface area contributed by atoms with Crippen molar-refractivity contribution in [2.45, 2.75) is 18.9 Å². The Morgan fingerprint density at radius 2 is 1.96 bits per heavy atom. The van der Waals surface area contributed by atoms with E-state index in [0.717, 1.165) is 41.4 Å². The van der Waals surface area contributed by atoms with E-state index < -0.39 is 6.10 Å². The van der Waals surface area contributed by atoms with Crippen LogP contribution < -0.4 is 15.0 Å². The molecule has 0 saturated carbocycles. The minimum absolute atomic E-state index is 0.606. The Morgan fingerprint density at radius 3 is 2.75 bits per heavy atom. The second-order valence-corrected chi connectivity index (χ2v) is 6.35. The molecule has 24 heavy (non-hydrogen) atoms. The standard InChI is InChI=1S/C20H22N2O2/c1-24-16-6-4-5-14(11-16)19-13-20(23)17-12-15(7-8-18(17)21-19)22-9-2-3-10-22/h4-8,11-13,20-21,23H,2-3,9-10H2,1H3/t20-/m0/s1. The van der Waals surface area contributed by atoms with E-state index in [1.54, 1.807) is 7.11 Å². The highest BCUT2D eigenvalue weighted by molar-refractivity contribution is 5.83. The van der Waals surface area contributed by atoms with Gasteiger partial charge in [0.25, 0.3) is 0 Å². The first-order chi connectivity index (χ1) is 11.7. The summed E-state index contributed by atoms with van der Waals surface area (Å²) in [5.41, 5.74) is 5.01. The molecule has 0 bridgehead atoms. The van der Waals surface area contributed by atoms with Gasteiger partial charge in [0, 0.05) is 41.3 Å². The van der Waals surface area contributed by atoms with Crippen molar-refractivity contribution >= 4 is 17.1 Å². The molecule has 0 aliphatic carbocycles. The van der Waals surface area contributed by atoms with Crippen molar-refractivity contribution in [3.63, 3.8) is 0 Å². The quantitative estimate of drug-likeness (QED) is 0.902. The molecule has 0 spiro atoms. The van der Waals surface area contributed by atoms with E-state index in [2.05, 4.69) is 28.4 Å². The fraction of sp³-hybridized carbons (Fsp3) is 0.300. The van der Waals surface area contributed by atoms with Gasteiger partial charge in [0.05, 0.1) is 7.11 Å². The van der Waals surface area contributed by atoms with Crippen LogP contribution in [0, 0.1) is 0 Å². The molecule has 0 unspecified atom stereocenters. The highest BCUT2D eigenvalue weighted by Crippen LogP contribution is 2.37. The summed E-state index contributed by atoms with van der Waals surface area (Å²) in [5, 5.41) is 14.1. The number of nitrogens with zero attached hydrogens (tertiary/aromatic N) is 1. The number of aliphatic hydroxyl groups excluding tert-OH is 1. The van der Waals surface area contributed by atoms with Crippen LogP contribution >= 0.6 is 0 Å². The van der Waals surface area contributed by atoms with Crippen LogP contribution in [0.5, 0.6) is 5.75 Å². The van der Waals surface area contributed by atoms with Crippen molar-refractivity contribution in [3.05, 3.63) is 59.7 Å². The lowest BCUT2D eigenvalue weighted by Crippen LogP contribution is -2.19. The molecule has 2 N–H and O–H groups in total. The molecule has 2 aromatic rings. The van der Waals surface area contributed by atoms with E-state index in [9.17, 15) is 5.11 Å². The second-order valence-electron chi connectivity index (χ2n) is 6.35. The largest absolute Gasteiger partial charge is 0.497 e. The van der Waals surface area contributed by atoms with Gasteiger partial charge in [-0.15, -0.1) is 0 Å². The molecular weight excluding hydrogens is 300 g/mol. The number of ether oxygens (including phenoxy) is 1. The summed E-state index contributed by atoms with van der Waals surface area (Å²) in [6.45, 7) is 2.21. The molecule has 4 heteroatoms. The number of rotatable bonds is 3. The van der Waals surface area contributed by atoms with Gasteiger partial charge >= 0.3 is 0 Å². The Morgan fingerprint density at radius 1 is 1.12 bits per heavy atom. The topological polar surface area (TPSA) is 44.7 Å². The summed E-state index contributed by atoms with van der Waals surface area (Å²) < 4.78 is 5.29. The maximum atomic E-state index is 10.6. The van der Waals surface area contributed by atoms with Crippen molar-refractivity contribution in [1.29, 1.82) is 0 Å². The molecule has 1 fully saturated rings. The minimum Gasteiger partial charge on any atom is -0.497 e. The van der Waals surface area contributed by atoms with Gasteiger partial charge in [0.2, 0.25) is 0 Å². The monoisotopic (exact) mass is 322 g/mol. The Kier molecular flexibility index (Phi) is 3.90. The lowest BCUT2D eigenvalue weighted by Gasteiger charge is -2.26. The number of hydrogen-bond donors (Lipinski definition) is 2. The third-order valence-electron chi connectivity index (χ3n) is 4.80. The number of anilines is 2. The van der Waals surface area contributed by atoms with Crippen molar-refractivity contribution in [2.75, 3.05) is 30.4 Å². The fourth-order valence-corrected chi connectivity index (χ4v) is 3.47. The number of nitrogens with one attached hydrogen (secondary N) is 1. The third-order valence-corrected chi connectivity index (χ3v) is 4.80. The molecule has 4 rings (SSSR count). The van der Waals surface area contributed by atoms with E-state index in [4.69, 9.17) is 4.74 Å². The van der Waals surface area contributed by atoms with Gasteiger partial charge in [-0.05, 0) is 49.2 Å². The summed E-state index contributed by atoms with van der Waals surface area (Å²) >= 11 is 0. The Labute approximate surface area is 142 Å². The number of aliphatic hydroxyl groups is 1. The summed E-state index contributed by atoms with van der Waals surface area (Å²) in [5.74, 6) is 0.805. The maximum Gasteiger partial charge on any atom is 0.119 e. The lowest BCUT2D eigenvalue weighted by atomic mass is 9.98. The molecule has 2 aliphatic heterocycles.